The van der Waals surface area contributed by atoms with Crippen molar-refractivity contribution in [1.82, 2.24) is 0 Å². The Morgan fingerprint density at radius 3 is 2.43 bits per heavy atom. The molecule has 112 valence electrons. The Bertz CT molecular complexity index is 642. The number of nitrogen functional groups attached to an aromatic ring is 1. The third-order valence-corrected chi connectivity index (χ3v) is 4.76. The second kappa shape index (κ2) is 6.31. The molecular weight excluding hydrogens is 282 g/mol. The van der Waals surface area contributed by atoms with Crippen LogP contribution in [0.2, 0.25) is 0 Å². The van der Waals surface area contributed by atoms with Crippen LogP contribution in [-0.4, -0.2) is 13.1 Å². The fourth-order valence-electron chi connectivity index (χ4n) is 2.31. The van der Waals surface area contributed by atoms with Crippen molar-refractivity contribution in [3.8, 4) is 10.4 Å². The van der Waals surface area contributed by atoms with Gasteiger partial charge in [-0.15, -0.1) is 11.3 Å². The van der Waals surface area contributed by atoms with Crippen LogP contribution in [0.3, 0.4) is 0 Å². The van der Waals surface area contributed by atoms with E-state index in [1.54, 1.807) is 0 Å². The summed E-state index contributed by atoms with van der Waals surface area (Å²) in [5.41, 5.74) is 9.90. The van der Waals surface area contributed by atoms with Crippen LogP contribution in [0.1, 0.15) is 34.6 Å². The van der Waals surface area contributed by atoms with Crippen molar-refractivity contribution in [2.75, 3.05) is 12.8 Å². The minimum Gasteiger partial charge on any atom is -0.465 e. The molecule has 2 rings (SSSR count). The topological polar surface area (TPSA) is 52.3 Å². The molecule has 0 spiro atoms. The van der Waals surface area contributed by atoms with E-state index in [0.717, 1.165) is 22.4 Å². The molecule has 2 aromatic rings. The highest BCUT2D eigenvalue weighted by molar-refractivity contribution is 7.18. The van der Waals surface area contributed by atoms with Gasteiger partial charge in [0.2, 0.25) is 0 Å². The molecule has 0 atom stereocenters. The predicted octanol–water partition coefficient (Wildman–Crippen LogP) is 4.29. The first kappa shape index (κ1) is 15.6. The Labute approximate surface area is 129 Å². The van der Waals surface area contributed by atoms with Gasteiger partial charge in [0, 0.05) is 4.88 Å². The number of esters is 1. The highest BCUT2D eigenvalue weighted by atomic mass is 32.1. The van der Waals surface area contributed by atoms with E-state index in [4.69, 9.17) is 10.5 Å². The molecule has 0 saturated heterocycles. The van der Waals surface area contributed by atoms with Gasteiger partial charge in [0.05, 0.1) is 12.8 Å². The van der Waals surface area contributed by atoms with Crippen molar-refractivity contribution in [2.45, 2.75) is 27.2 Å². The van der Waals surface area contributed by atoms with Gasteiger partial charge in [-0.2, -0.15) is 0 Å². The number of benzene rings is 1. The number of methoxy groups -OCH3 is 1. The molecule has 4 heteroatoms. The van der Waals surface area contributed by atoms with Crippen LogP contribution in [0, 0.1) is 12.8 Å². The quantitative estimate of drug-likeness (QED) is 0.857. The molecule has 1 aromatic heterocycles. The molecule has 0 aliphatic rings. The molecule has 1 aromatic carbocycles. The Morgan fingerprint density at radius 2 is 1.90 bits per heavy atom. The molecule has 0 aliphatic heterocycles. The van der Waals surface area contributed by atoms with Crippen molar-refractivity contribution >= 4 is 23.0 Å². The molecule has 3 nitrogen and oxygen atoms in total. The summed E-state index contributed by atoms with van der Waals surface area (Å²) in [7, 11) is 1.37. The lowest BCUT2D eigenvalue weighted by molar-refractivity contribution is 0.0607. The number of ether oxygens (including phenoxy) is 1. The summed E-state index contributed by atoms with van der Waals surface area (Å²) in [4.78, 5) is 13.2. The van der Waals surface area contributed by atoms with Gasteiger partial charge < -0.3 is 10.5 Å². The van der Waals surface area contributed by atoms with Gasteiger partial charge in [-0.1, -0.05) is 38.1 Å². The fourth-order valence-corrected chi connectivity index (χ4v) is 3.46. The van der Waals surface area contributed by atoms with Crippen LogP contribution < -0.4 is 5.73 Å². The summed E-state index contributed by atoms with van der Waals surface area (Å²) < 4.78 is 4.78. The van der Waals surface area contributed by atoms with Crippen molar-refractivity contribution in [3.63, 3.8) is 0 Å². The standard InChI is InChI=1S/C17H21NO2S/c1-10(2)9-12-5-7-13(8-6-12)15-11(3)14(18)16(21-15)17(19)20-4/h5-8,10H,9,18H2,1-4H3. The van der Waals surface area contributed by atoms with Crippen molar-refractivity contribution in [1.29, 1.82) is 0 Å². The lowest BCUT2D eigenvalue weighted by Gasteiger charge is -2.06. The summed E-state index contributed by atoms with van der Waals surface area (Å²) in [6.45, 7) is 6.36. The second-order valence-corrected chi connectivity index (χ2v) is 6.61. The van der Waals surface area contributed by atoms with Crippen LogP contribution in [0.25, 0.3) is 10.4 Å². The lowest BCUT2D eigenvalue weighted by atomic mass is 10.0. The van der Waals surface area contributed by atoms with Crippen LogP contribution >= 0.6 is 11.3 Å². The smallest absolute Gasteiger partial charge is 0.350 e. The van der Waals surface area contributed by atoms with Gasteiger partial charge in [0.25, 0.3) is 0 Å². The highest BCUT2D eigenvalue weighted by Gasteiger charge is 2.19. The van der Waals surface area contributed by atoms with E-state index in [-0.39, 0.29) is 5.97 Å². The zero-order chi connectivity index (χ0) is 15.6. The molecule has 0 aliphatic carbocycles. The zero-order valence-corrected chi connectivity index (χ0v) is 13.7. The van der Waals surface area contributed by atoms with E-state index >= 15 is 0 Å². The molecule has 2 N–H and O–H groups in total. The van der Waals surface area contributed by atoms with Crippen molar-refractivity contribution in [3.05, 3.63) is 40.3 Å². The van der Waals surface area contributed by atoms with E-state index in [1.165, 1.54) is 24.0 Å². The molecule has 0 fully saturated rings. The van der Waals surface area contributed by atoms with Gasteiger partial charge >= 0.3 is 5.97 Å². The number of carbonyl (C=O) groups is 1. The minimum absolute atomic E-state index is 0.372. The summed E-state index contributed by atoms with van der Waals surface area (Å²) >= 11 is 1.39. The van der Waals surface area contributed by atoms with Gasteiger partial charge in [0.1, 0.15) is 4.88 Å². The van der Waals surface area contributed by atoms with Crippen molar-refractivity contribution in [2.24, 2.45) is 5.92 Å². The average molecular weight is 303 g/mol. The lowest BCUT2D eigenvalue weighted by Crippen LogP contribution is -2.01. The van der Waals surface area contributed by atoms with Gasteiger partial charge in [-0.25, -0.2) is 4.79 Å². The Kier molecular flexibility index (Phi) is 4.68. The van der Waals surface area contributed by atoms with E-state index < -0.39 is 0 Å². The molecule has 21 heavy (non-hydrogen) atoms. The Morgan fingerprint density at radius 1 is 1.29 bits per heavy atom. The minimum atomic E-state index is -0.372. The van der Waals surface area contributed by atoms with Crippen LogP contribution in [0.15, 0.2) is 24.3 Å². The van der Waals surface area contributed by atoms with E-state index in [1.807, 2.05) is 6.92 Å². The number of thiophene rings is 1. The van der Waals surface area contributed by atoms with Crippen LogP contribution in [-0.2, 0) is 11.2 Å². The third kappa shape index (κ3) is 3.27. The molecular formula is C17H21NO2S. The molecule has 0 saturated carbocycles. The second-order valence-electron chi connectivity index (χ2n) is 5.59. The molecule has 0 radical (unpaired) electrons. The van der Waals surface area contributed by atoms with E-state index in [9.17, 15) is 4.79 Å². The summed E-state index contributed by atoms with van der Waals surface area (Å²) in [6.07, 6.45) is 1.07. The number of carbonyl (C=O) groups excluding carboxylic acids is 1. The van der Waals surface area contributed by atoms with Gasteiger partial charge in [-0.05, 0) is 36.0 Å². The summed E-state index contributed by atoms with van der Waals surface area (Å²) in [6, 6.07) is 8.47. The average Bonchev–Trinajstić information content (AvgIpc) is 2.75. The first-order valence-corrected chi connectivity index (χ1v) is 7.82. The maximum absolute atomic E-state index is 11.7. The molecule has 1 heterocycles. The maximum atomic E-state index is 11.7. The fraction of sp³-hybridized carbons (Fsp3) is 0.353. The van der Waals surface area contributed by atoms with Gasteiger partial charge in [0.15, 0.2) is 0 Å². The normalized spacial score (nSPS) is 10.9. The van der Waals surface area contributed by atoms with E-state index in [0.29, 0.717) is 16.5 Å². The van der Waals surface area contributed by atoms with E-state index in [2.05, 4.69) is 38.1 Å². The van der Waals surface area contributed by atoms with Crippen molar-refractivity contribution < 1.29 is 9.53 Å². The largest absolute Gasteiger partial charge is 0.465 e. The number of hydrogen-bond donors (Lipinski definition) is 1. The highest BCUT2D eigenvalue weighted by Crippen LogP contribution is 2.38. The first-order chi connectivity index (χ1) is 9.93. The number of anilines is 1. The van der Waals surface area contributed by atoms with Crippen LogP contribution in [0.5, 0.6) is 0 Å². The number of hydrogen-bond acceptors (Lipinski definition) is 4. The Balaban J connectivity index is 2.36. The maximum Gasteiger partial charge on any atom is 0.350 e. The number of rotatable bonds is 4. The first-order valence-electron chi connectivity index (χ1n) is 7.00. The number of nitrogens with two attached hydrogens (primary N) is 1. The SMILES string of the molecule is COC(=O)c1sc(-c2ccc(CC(C)C)cc2)c(C)c1N. The Hall–Kier alpha value is -1.81. The molecule has 0 bridgehead atoms. The summed E-state index contributed by atoms with van der Waals surface area (Å²) in [5, 5.41) is 0. The predicted molar refractivity (Wildman–Crippen MR) is 88.8 cm³/mol. The summed E-state index contributed by atoms with van der Waals surface area (Å²) in [5.74, 6) is 0.268. The molecule has 0 amide bonds. The van der Waals surface area contributed by atoms with Crippen LogP contribution in [0.4, 0.5) is 5.69 Å². The third-order valence-electron chi connectivity index (χ3n) is 3.42. The molecule has 0 unspecified atom stereocenters. The van der Waals surface area contributed by atoms with Gasteiger partial charge in [-0.3, -0.25) is 0 Å². The monoisotopic (exact) mass is 303 g/mol. The zero-order valence-electron chi connectivity index (χ0n) is 12.9.